The lowest BCUT2D eigenvalue weighted by Gasteiger charge is -2.49. The minimum Gasteiger partial charge on any atom is -0.447 e. The maximum Gasteiger partial charge on any atom is 0.536 e. The van der Waals surface area contributed by atoms with Gasteiger partial charge < -0.3 is 29.8 Å². The van der Waals surface area contributed by atoms with E-state index >= 15 is 4.79 Å². The molecule has 7 unspecified atom stereocenters. The molecule has 7 amide bonds. The van der Waals surface area contributed by atoms with Crippen LogP contribution >= 0.6 is 0 Å². The first-order chi connectivity index (χ1) is 24.5. The van der Waals surface area contributed by atoms with Gasteiger partial charge in [-0.3, -0.25) is 10.3 Å². The van der Waals surface area contributed by atoms with Gasteiger partial charge in [-0.2, -0.15) is 24.5 Å². The van der Waals surface area contributed by atoms with Gasteiger partial charge in [0.25, 0.3) is 0 Å². The third kappa shape index (κ3) is 11.6. The molecule has 3 fully saturated rings. The Morgan fingerprint density at radius 3 is 2.06 bits per heavy atom. The molecule has 51 heavy (non-hydrogen) atoms. The van der Waals surface area contributed by atoms with Crippen LogP contribution in [0.15, 0.2) is 9.98 Å². The van der Waals surface area contributed by atoms with Crippen LogP contribution in [-0.4, -0.2) is 143 Å². The number of hydrogen-bond acceptors (Lipinski definition) is 14. The molecule has 0 aromatic carbocycles. The fraction of sp³-hybridized carbons (Fsp3) is 0.818. The fourth-order valence-corrected chi connectivity index (χ4v) is 6.66. The minimum absolute atomic E-state index is 0.0225. The van der Waals surface area contributed by atoms with Crippen LogP contribution < -0.4 is 5.32 Å². The standard InChI is InChI=1S/C33H57N6O12/c1-25(40)20-47-30(43)36-29-15-9-7-13-19-39(29)32(45)37(17-11-5-4-10-16-34-23-50-48-21-26(2)41)31(44)38(33(39)46)18-12-6-8-14-28(38)35-24-51-49-22-27(3)42/h23-29,40-42H,4-22H2,1-3H3/q+1/p+1/b34-23?,35-24-. The van der Waals surface area contributed by atoms with Crippen LogP contribution in [0, 0.1) is 0 Å². The Morgan fingerprint density at radius 1 is 0.804 bits per heavy atom. The Kier molecular flexibility index (Phi) is 17.6. The van der Waals surface area contributed by atoms with E-state index in [9.17, 15) is 29.7 Å². The average Bonchev–Trinajstić information content (AvgIpc) is 3.43. The molecule has 2 spiro atoms. The van der Waals surface area contributed by atoms with Crippen molar-refractivity contribution in [1.29, 1.82) is 0 Å². The highest BCUT2D eigenvalue weighted by atomic mass is 17.2. The number of nitrogens with zero attached hydrogens (tertiary/aromatic N) is 5. The number of carbonyl (C=O) groups is 4. The van der Waals surface area contributed by atoms with Gasteiger partial charge in [-0.1, -0.05) is 12.8 Å². The number of rotatable bonds is 19. The summed E-state index contributed by atoms with van der Waals surface area (Å²) >= 11 is 0. The number of aliphatic hydroxyl groups is 3. The molecular weight excluding hydrogens is 672 g/mol. The number of aliphatic hydroxyl groups excluding tert-OH is 3. The molecular formula is C33H58N6O12+2. The lowest BCUT2D eigenvalue weighted by Crippen LogP contribution is -2.85. The van der Waals surface area contributed by atoms with Crippen molar-refractivity contribution in [3.05, 3.63) is 0 Å². The molecule has 4 N–H and O–H groups in total. The van der Waals surface area contributed by atoms with E-state index in [1.165, 1.54) is 25.1 Å². The monoisotopic (exact) mass is 730 g/mol. The SMILES string of the molecule is CC(O)COOC=NCCCCCCN1C(=O)[N+]2(CCCCCC2/N=C\OOCC(C)O)C(=O)[N+]2(CCCCCC2NC(=O)OCC(C)O)C1=O. The largest absolute Gasteiger partial charge is 0.536 e. The second kappa shape index (κ2) is 21.3. The van der Waals surface area contributed by atoms with Gasteiger partial charge in [0.15, 0.2) is 6.17 Å². The molecule has 3 heterocycles. The van der Waals surface area contributed by atoms with Gasteiger partial charge in [0, 0.05) is 25.9 Å². The van der Waals surface area contributed by atoms with Gasteiger partial charge in [-0.05, 0) is 72.1 Å². The number of alkyl carbamates (subject to hydrolysis) is 1. The predicted octanol–water partition coefficient (Wildman–Crippen LogP) is 3.48. The molecule has 290 valence electrons. The summed E-state index contributed by atoms with van der Waals surface area (Å²) in [5, 5.41) is 31.1. The van der Waals surface area contributed by atoms with Crippen molar-refractivity contribution >= 4 is 37.0 Å². The zero-order chi connectivity index (χ0) is 37.3. The Morgan fingerprint density at radius 2 is 1.39 bits per heavy atom. The summed E-state index contributed by atoms with van der Waals surface area (Å²) in [5.41, 5.74) is 0. The molecule has 3 saturated heterocycles. The van der Waals surface area contributed by atoms with Crippen molar-refractivity contribution < 1.29 is 67.8 Å². The number of carbonyl (C=O) groups excluding carboxylic acids is 4. The molecule has 7 atom stereocenters. The van der Waals surface area contributed by atoms with Gasteiger partial charge in [-0.15, -0.1) is 8.97 Å². The topological polar surface area (TPSA) is 215 Å². The number of amides is 7. The van der Waals surface area contributed by atoms with Crippen molar-refractivity contribution in [3.8, 4) is 0 Å². The fourth-order valence-electron chi connectivity index (χ4n) is 6.66. The Labute approximate surface area is 299 Å². The van der Waals surface area contributed by atoms with Crippen LogP contribution in [0.2, 0.25) is 0 Å². The number of unbranched alkanes of at least 4 members (excludes halogenated alkanes) is 3. The average molecular weight is 731 g/mol. The summed E-state index contributed by atoms with van der Waals surface area (Å²) in [6.45, 7) is 4.92. The molecule has 18 nitrogen and oxygen atoms in total. The van der Waals surface area contributed by atoms with Crippen LogP contribution in [0.1, 0.15) is 97.8 Å². The third-order valence-corrected chi connectivity index (χ3v) is 9.14. The van der Waals surface area contributed by atoms with Crippen molar-refractivity contribution in [2.75, 3.05) is 46.0 Å². The van der Waals surface area contributed by atoms with E-state index in [0.717, 1.165) is 19.2 Å². The molecule has 0 aromatic heterocycles. The number of hydrogen-bond donors (Lipinski definition) is 4. The number of nitrogens with one attached hydrogen (secondary N) is 1. The maximum atomic E-state index is 15.2. The van der Waals surface area contributed by atoms with E-state index in [-0.39, 0.29) is 39.5 Å². The van der Waals surface area contributed by atoms with E-state index in [1.807, 2.05) is 0 Å². The van der Waals surface area contributed by atoms with Gasteiger partial charge in [0.1, 0.15) is 32.9 Å². The van der Waals surface area contributed by atoms with E-state index in [1.54, 1.807) is 6.92 Å². The Hall–Kier alpha value is -3.26. The number of quaternary nitrogens is 2. The van der Waals surface area contributed by atoms with Gasteiger partial charge in [0.2, 0.25) is 19.0 Å². The van der Waals surface area contributed by atoms with Crippen molar-refractivity contribution in [2.24, 2.45) is 9.98 Å². The summed E-state index contributed by atoms with van der Waals surface area (Å²) in [6, 6.07) is -1.98. The highest BCUT2D eigenvalue weighted by molar-refractivity contribution is 5.99. The molecule has 3 rings (SSSR count). The molecule has 0 radical (unpaired) electrons. The zero-order valence-electron chi connectivity index (χ0n) is 30.2. The van der Waals surface area contributed by atoms with E-state index in [0.29, 0.717) is 70.8 Å². The van der Waals surface area contributed by atoms with Gasteiger partial charge in [-0.25, -0.2) is 14.4 Å². The highest BCUT2D eigenvalue weighted by Gasteiger charge is 2.74. The van der Waals surface area contributed by atoms with Crippen LogP contribution in [0.25, 0.3) is 0 Å². The van der Waals surface area contributed by atoms with E-state index < -0.39 is 63.8 Å². The zero-order valence-corrected chi connectivity index (χ0v) is 30.2. The van der Waals surface area contributed by atoms with Crippen LogP contribution in [0.5, 0.6) is 0 Å². The summed E-state index contributed by atoms with van der Waals surface area (Å²) < 4.78 is 3.67. The van der Waals surface area contributed by atoms with Crippen molar-refractivity contribution in [1.82, 2.24) is 10.2 Å². The summed E-state index contributed by atoms with van der Waals surface area (Å²) in [5.74, 6) is 0. The quantitative estimate of drug-likeness (QED) is 0.0375. The minimum atomic E-state index is -1.01. The molecule has 0 saturated carbocycles. The van der Waals surface area contributed by atoms with E-state index in [4.69, 9.17) is 24.3 Å². The Balaban J connectivity index is 1.90. The van der Waals surface area contributed by atoms with Crippen molar-refractivity contribution in [2.45, 2.75) is 128 Å². The van der Waals surface area contributed by atoms with Crippen LogP contribution in [0.3, 0.4) is 0 Å². The first-order valence-electron chi connectivity index (χ1n) is 18.2. The number of imide groups is 3. The predicted molar refractivity (Wildman–Crippen MR) is 182 cm³/mol. The smallest absolute Gasteiger partial charge is 0.447 e. The second-order valence-corrected chi connectivity index (χ2v) is 13.6. The molecule has 3 aliphatic rings. The summed E-state index contributed by atoms with van der Waals surface area (Å²) in [7, 11) is 0. The highest BCUT2D eigenvalue weighted by Crippen LogP contribution is 2.41. The van der Waals surface area contributed by atoms with E-state index in [2.05, 4.69) is 15.3 Å². The first kappa shape index (κ1) is 42.2. The molecule has 18 heteroatoms. The van der Waals surface area contributed by atoms with Crippen LogP contribution in [0.4, 0.5) is 19.2 Å². The third-order valence-electron chi connectivity index (χ3n) is 9.14. The number of urea groups is 3. The normalized spacial score (nSPS) is 27.8. The van der Waals surface area contributed by atoms with Gasteiger partial charge in [0.05, 0.1) is 18.3 Å². The lowest BCUT2D eigenvalue weighted by atomic mass is 10.1. The summed E-state index contributed by atoms with van der Waals surface area (Å²) in [6.07, 6.45) is 4.12. The number of ether oxygens (including phenoxy) is 1. The molecule has 0 aliphatic carbocycles. The maximum absolute atomic E-state index is 15.2. The second-order valence-electron chi connectivity index (χ2n) is 13.6. The number of aliphatic imine (C=N–C) groups is 2. The van der Waals surface area contributed by atoms with Crippen molar-refractivity contribution in [3.63, 3.8) is 0 Å². The van der Waals surface area contributed by atoms with Gasteiger partial charge >= 0.3 is 24.2 Å². The first-order valence-corrected chi connectivity index (χ1v) is 18.2. The summed E-state index contributed by atoms with van der Waals surface area (Å²) in [4.78, 5) is 87.0. The lowest BCUT2D eigenvalue weighted by molar-refractivity contribution is -0.934. The Bertz CT molecular complexity index is 1190. The molecule has 0 aromatic rings. The van der Waals surface area contributed by atoms with Crippen LogP contribution in [-0.2, 0) is 24.3 Å². The molecule has 3 aliphatic heterocycles. The molecule has 0 bridgehead atoms.